The van der Waals surface area contributed by atoms with E-state index in [0.29, 0.717) is 47.7 Å². The molecule has 5 rings (SSSR count). The minimum Gasteiger partial charge on any atom is -0.389 e. The Labute approximate surface area is 233 Å². The van der Waals surface area contributed by atoms with Gasteiger partial charge in [-0.15, -0.1) is 11.3 Å². The van der Waals surface area contributed by atoms with Gasteiger partial charge < -0.3 is 20.6 Å². The van der Waals surface area contributed by atoms with Crippen molar-refractivity contribution in [3.05, 3.63) is 28.5 Å². The first-order valence-corrected chi connectivity index (χ1v) is 14.7. The summed E-state index contributed by atoms with van der Waals surface area (Å²) in [6.45, 7) is 10.5. The van der Waals surface area contributed by atoms with Gasteiger partial charge in [-0.05, 0) is 81.8 Å². The lowest BCUT2D eigenvalue weighted by atomic mass is 9.45. The Morgan fingerprint density at radius 2 is 1.90 bits per heavy atom. The molecule has 1 aliphatic heterocycles. The van der Waals surface area contributed by atoms with Crippen LogP contribution in [0.25, 0.3) is 10.4 Å². The quantitative estimate of drug-likeness (QED) is 0.444. The molecule has 0 radical (unpaired) electrons. The number of nitrogens with zero attached hydrogens (tertiary/aromatic N) is 3. The van der Waals surface area contributed by atoms with Crippen molar-refractivity contribution in [1.82, 2.24) is 20.2 Å². The smallest absolute Gasteiger partial charge is 0.280 e. The van der Waals surface area contributed by atoms with Gasteiger partial charge in [-0.3, -0.25) is 9.59 Å². The van der Waals surface area contributed by atoms with Crippen LogP contribution in [0.15, 0.2) is 12.3 Å². The zero-order valence-corrected chi connectivity index (χ0v) is 24.4. The fourth-order valence-electron chi connectivity index (χ4n) is 6.75. The van der Waals surface area contributed by atoms with Crippen LogP contribution in [0.2, 0.25) is 0 Å². The molecule has 212 valence electrons. The Balaban J connectivity index is 1.36. The molecule has 1 spiro atoms. The number of alkyl halides is 1. The summed E-state index contributed by atoms with van der Waals surface area (Å²) in [5, 5.41) is 16.4. The number of aromatic nitrogens is 2. The Bertz CT molecular complexity index is 1250. The number of thiazole rings is 1. The van der Waals surface area contributed by atoms with Gasteiger partial charge in [0.15, 0.2) is 5.01 Å². The number of carbonyl (C=O) groups excluding carboxylic acids is 2. The summed E-state index contributed by atoms with van der Waals surface area (Å²) in [6.07, 6.45) is 6.36. The normalized spacial score (nSPS) is 20.8. The zero-order valence-electron chi connectivity index (χ0n) is 23.6. The van der Waals surface area contributed by atoms with Crippen LogP contribution in [0.3, 0.4) is 0 Å². The number of hydrogen-bond acceptors (Lipinski definition) is 7. The minimum absolute atomic E-state index is 0.0505. The van der Waals surface area contributed by atoms with Crippen molar-refractivity contribution >= 4 is 29.0 Å². The van der Waals surface area contributed by atoms with E-state index in [-0.39, 0.29) is 23.2 Å². The number of piperidine rings is 1. The molecular formula is C29H40FN5O3S. The van der Waals surface area contributed by atoms with Gasteiger partial charge in [-0.2, -0.15) is 0 Å². The number of aliphatic hydroxyl groups is 1. The first kappa shape index (κ1) is 28.0. The third-order valence-corrected chi connectivity index (χ3v) is 9.28. The van der Waals surface area contributed by atoms with Gasteiger partial charge in [0.2, 0.25) is 0 Å². The predicted molar refractivity (Wildman–Crippen MR) is 151 cm³/mol. The summed E-state index contributed by atoms with van der Waals surface area (Å²) in [5.41, 5.74) is 1.75. The maximum atomic E-state index is 13.7. The van der Waals surface area contributed by atoms with Gasteiger partial charge in [0.05, 0.1) is 10.5 Å². The monoisotopic (exact) mass is 557 g/mol. The van der Waals surface area contributed by atoms with Crippen molar-refractivity contribution in [3.8, 4) is 10.4 Å². The van der Waals surface area contributed by atoms with Crippen molar-refractivity contribution in [3.63, 3.8) is 0 Å². The Morgan fingerprint density at radius 1 is 1.23 bits per heavy atom. The van der Waals surface area contributed by atoms with E-state index in [9.17, 15) is 19.1 Å². The summed E-state index contributed by atoms with van der Waals surface area (Å²) < 4.78 is 13.7. The molecule has 2 aromatic rings. The number of halogens is 1. The van der Waals surface area contributed by atoms with Crippen LogP contribution in [0, 0.1) is 17.8 Å². The minimum atomic E-state index is -1.08. The molecule has 2 saturated carbocycles. The molecule has 3 aliphatic rings. The number of aryl methyl sites for hydroxylation is 1. The number of pyridine rings is 1. The van der Waals surface area contributed by atoms with Gasteiger partial charge in [-0.25, -0.2) is 14.4 Å². The van der Waals surface area contributed by atoms with Gasteiger partial charge in [-0.1, -0.05) is 13.8 Å². The lowest BCUT2D eigenvalue weighted by Gasteiger charge is -2.62. The highest BCUT2D eigenvalue weighted by Gasteiger charge is 2.56. The van der Waals surface area contributed by atoms with E-state index in [1.165, 1.54) is 25.7 Å². The second kappa shape index (κ2) is 10.1. The third-order valence-electron chi connectivity index (χ3n) is 8.19. The second-order valence-electron chi connectivity index (χ2n) is 13.3. The number of nitrogens with one attached hydrogen (secondary N) is 2. The van der Waals surface area contributed by atoms with Gasteiger partial charge in [0, 0.05) is 37.4 Å². The molecule has 8 nitrogen and oxygen atoms in total. The largest absolute Gasteiger partial charge is 0.389 e. The third kappa shape index (κ3) is 6.11. The fraction of sp³-hybridized carbons (Fsp3) is 0.655. The first-order chi connectivity index (χ1) is 18.2. The number of carbonyl (C=O) groups is 2. The van der Waals surface area contributed by atoms with E-state index < -0.39 is 17.7 Å². The van der Waals surface area contributed by atoms with E-state index in [1.54, 1.807) is 24.9 Å². The van der Waals surface area contributed by atoms with Gasteiger partial charge in [0.1, 0.15) is 17.7 Å². The summed E-state index contributed by atoms with van der Waals surface area (Å²) in [6, 6.07) is 2.41. The van der Waals surface area contributed by atoms with Crippen LogP contribution < -0.4 is 10.6 Å². The van der Waals surface area contributed by atoms with E-state index in [1.807, 2.05) is 13.0 Å². The molecule has 2 aliphatic carbocycles. The van der Waals surface area contributed by atoms with Crippen LogP contribution in [0.4, 0.5) is 10.2 Å². The van der Waals surface area contributed by atoms with Crippen molar-refractivity contribution in [2.75, 3.05) is 25.0 Å². The second-order valence-corrected chi connectivity index (χ2v) is 14.3. The van der Waals surface area contributed by atoms with Crippen LogP contribution in [-0.2, 0) is 0 Å². The summed E-state index contributed by atoms with van der Waals surface area (Å²) in [5.74, 6) is 0.0478. The molecule has 0 unspecified atom stereocenters. The number of anilines is 1. The summed E-state index contributed by atoms with van der Waals surface area (Å²) >= 11 is 1.14. The topological polar surface area (TPSA) is 107 Å². The number of amides is 2. The summed E-state index contributed by atoms with van der Waals surface area (Å²) in [4.78, 5) is 37.7. The molecule has 3 N–H and O–H groups in total. The summed E-state index contributed by atoms with van der Waals surface area (Å²) in [7, 11) is 0. The van der Waals surface area contributed by atoms with E-state index in [4.69, 9.17) is 0 Å². The number of hydrogen-bond donors (Lipinski definition) is 3. The molecular weight excluding hydrogens is 517 g/mol. The van der Waals surface area contributed by atoms with Crippen molar-refractivity contribution in [2.24, 2.45) is 10.8 Å². The van der Waals surface area contributed by atoms with Crippen molar-refractivity contribution in [1.29, 1.82) is 0 Å². The van der Waals surface area contributed by atoms with Crippen LogP contribution in [0.1, 0.15) is 92.1 Å². The van der Waals surface area contributed by atoms with E-state index in [2.05, 4.69) is 34.4 Å². The van der Waals surface area contributed by atoms with Crippen molar-refractivity contribution in [2.45, 2.75) is 91.0 Å². The molecule has 3 fully saturated rings. The SMILES string of the molecule is Cc1cc(NC2CC3(C2)CC(C)(C)C3)ncc1-c1sc(C(=O)NCC(C)(C)O)nc1C(=O)N1CCC(F)CC1. The molecule has 3 heterocycles. The highest BCUT2D eigenvalue weighted by atomic mass is 32.1. The molecule has 0 atom stereocenters. The predicted octanol–water partition coefficient (Wildman–Crippen LogP) is 4.97. The zero-order chi connectivity index (χ0) is 28.2. The molecule has 10 heteroatoms. The van der Waals surface area contributed by atoms with Crippen LogP contribution >= 0.6 is 11.3 Å². The lowest BCUT2D eigenvalue weighted by molar-refractivity contribution is -0.0820. The average Bonchev–Trinajstić information content (AvgIpc) is 3.25. The van der Waals surface area contributed by atoms with Crippen LogP contribution in [0.5, 0.6) is 0 Å². The highest BCUT2D eigenvalue weighted by molar-refractivity contribution is 7.17. The fourth-order valence-corrected chi connectivity index (χ4v) is 7.80. The average molecular weight is 558 g/mol. The highest BCUT2D eigenvalue weighted by Crippen LogP contribution is 2.64. The van der Waals surface area contributed by atoms with Crippen LogP contribution in [-0.4, -0.2) is 69.2 Å². The Morgan fingerprint density at radius 3 is 2.49 bits per heavy atom. The molecule has 0 aromatic carbocycles. The number of rotatable bonds is 7. The lowest BCUT2D eigenvalue weighted by Crippen LogP contribution is -2.55. The molecule has 39 heavy (non-hydrogen) atoms. The maximum absolute atomic E-state index is 13.7. The van der Waals surface area contributed by atoms with E-state index >= 15 is 0 Å². The molecule has 2 aromatic heterocycles. The standard InChI is InChI=1S/C29H40FN5O3S/c1-17-10-21(33-19-11-29(12-19)14-27(2,3)15-29)31-13-20(17)23-22(26(37)35-8-6-18(30)7-9-35)34-25(39-23)24(36)32-16-28(4,5)38/h10,13,18-19,38H,6-9,11-12,14-16H2,1-5H3,(H,31,33)(H,32,36). The molecule has 2 amide bonds. The van der Waals surface area contributed by atoms with E-state index in [0.717, 1.165) is 28.3 Å². The number of likely N-dealkylation sites (tertiary alicyclic amines) is 1. The molecule has 0 bridgehead atoms. The Hall–Kier alpha value is -2.59. The van der Waals surface area contributed by atoms with Gasteiger partial charge >= 0.3 is 0 Å². The maximum Gasteiger partial charge on any atom is 0.280 e. The first-order valence-electron chi connectivity index (χ1n) is 13.9. The van der Waals surface area contributed by atoms with Gasteiger partial charge in [0.25, 0.3) is 11.8 Å². The Kier molecular flexibility index (Phi) is 7.24. The molecule has 1 saturated heterocycles. The van der Waals surface area contributed by atoms with Crippen molar-refractivity contribution < 1.29 is 19.1 Å².